The summed E-state index contributed by atoms with van der Waals surface area (Å²) in [4.78, 5) is 2.27. The van der Waals surface area contributed by atoms with Gasteiger partial charge in [-0.05, 0) is 45.8 Å². The Morgan fingerprint density at radius 2 is 1.80 bits per heavy atom. The second-order valence-electron chi connectivity index (χ2n) is 6.43. The van der Waals surface area contributed by atoms with Crippen LogP contribution in [0.4, 0.5) is 0 Å². The molecule has 120 valence electrons. The fourth-order valence-electron chi connectivity index (χ4n) is 2.56. The Morgan fingerprint density at radius 3 is 2.25 bits per heavy atom. The maximum Gasteiger partial charge on any atom is 0.0483 e. The Morgan fingerprint density at radius 1 is 1.15 bits per heavy atom. The van der Waals surface area contributed by atoms with E-state index in [0.29, 0.717) is 18.0 Å². The lowest BCUT2D eigenvalue weighted by molar-refractivity contribution is 0.281. The summed E-state index contributed by atoms with van der Waals surface area (Å²) in [5.74, 6) is 0.644. The first-order valence-corrected chi connectivity index (χ1v) is 8.25. The van der Waals surface area contributed by atoms with Gasteiger partial charge in [-0.3, -0.25) is 0 Å². The number of hydrogen-bond acceptors (Lipinski definition) is 3. The molecule has 0 saturated carbocycles. The third-order valence-electron chi connectivity index (χ3n) is 4.00. The summed E-state index contributed by atoms with van der Waals surface area (Å²) in [6.07, 6.45) is 7.17. The lowest BCUT2D eigenvalue weighted by Gasteiger charge is -2.32. The zero-order valence-corrected chi connectivity index (χ0v) is 14.4. The van der Waals surface area contributed by atoms with E-state index in [4.69, 9.17) is 5.73 Å². The number of nitrogens with zero attached hydrogens (tertiary/aromatic N) is 1. The highest BCUT2D eigenvalue weighted by Gasteiger charge is 2.19. The van der Waals surface area contributed by atoms with E-state index >= 15 is 0 Å². The summed E-state index contributed by atoms with van der Waals surface area (Å²) in [5.41, 5.74) is 6.76. The van der Waals surface area contributed by atoms with Crippen molar-refractivity contribution in [3.05, 3.63) is 12.3 Å². The summed E-state index contributed by atoms with van der Waals surface area (Å²) in [6.45, 7) is 11.9. The number of likely N-dealkylation sites (N-methyl/N-ethyl adjacent to an activating group) is 1. The molecule has 0 aliphatic heterocycles. The van der Waals surface area contributed by atoms with Crippen LogP contribution in [-0.4, -0.2) is 37.6 Å². The van der Waals surface area contributed by atoms with Crippen LogP contribution >= 0.6 is 0 Å². The fourth-order valence-corrected chi connectivity index (χ4v) is 2.56. The molecule has 2 unspecified atom stereocenters. The SMILES string of the molecule is C=C(NC(CCCC)C(C)C)C(CCCCN)N(C)C. The van der Waals surface area contributed by atoms with Crippen LogP contribution in [0.25, 0.3) is 0 Å². The van der Waals surface area contributed by atoms with Crippen LogP contribution in [-0.2, 0) is 0 Å². The Balaban J connectivity index is 4.46. The van der Waals surface area contributed by atoms with Gasteiger partial charge in [0.25, 0.3) is 0 Å². The Hall–Kier alpha value is -0.540. The molecule has 0 bridgehead atoms. The first-order valence-electron chi connectivity index (χ1n) is 8.25. The minimum absolute atomic E-state index is 0.407. The summed E-state index contributed by atoms with van der Waals surface area (Å²) < 4.78 is 0. The van der Waals surface area contributed by atoms with Crippen LogP contribution in [0.5, 0.6) is 0 Å². The smallest absolute Gasteiger partial charge is 0.0483 e. The lowest BCUT2D eigenvalue weighted by Crippen LogP contribution is -2.41. The number of nitrogens with two attached hydrogens (primary N) is 1. The van der Waals surface area contributed by atoms with Gasteiger partial charge in [0.2, 0.25) is 0 Å². The van der Waals surface area contributed by atoms with Crippen molar-refractivity contribution in [1.82, 2.24) is 10.2 Å². The van der Waals surface area contributed by atoms with E-state index in [2.05, 4.69) is 51.7 Å². The molecule has 2 atom stereocenters. The molecule has 0 aliphatic carbocycles. The van der Waals surface area contributed by atoms with Gasteiger partial charge in [-0.1, -0.05) is 46.6 Å². The van der Waals surface area contributed by atoms with Gasteiger partial charge < -0.3 is 16.0 Å². The molecule has 0 fully saturated rings. The summed E-state index contributed by atoms with van der Waals surface area (Å²) in [5, 5.41) is 3.69. The molecule has 0 saturated heterocycles. The molecular formula is C17H37N3. The van der Waals surface area contributed by atoms with E-state index in [0.717, 1.165) is 19.4 Å². The van der Waals surface area contributed by atoms with Crippen LogP contribution in [0.2, 0.25) is 0 Å². The van der Waals surface area contributed by atoms with E-state index < -0.39 is 0 Å². The van der Waals surface area contributed by atoms with Crippen LogP contribution in [0.3, 0.4) is 0 Å². The van der Waals surface area contributed by atoms with E-state index in [1.807, 2.05) is 0 Å². The molecule has 0 aromatic heterocycles. The minimum atomic E-state index is 0.407. The van der Waals surface area contributed by atoms with E-state index in [1.165, 1.54) is 31.4 Å². The standard InChI is InChI=1S/C17H37N3/c1-7-8-11-16(14(2)3)19-15(4)17(20(5)6)12-9-10-13-18/h14,16-17,19H,4,7-13,18H2,1-3,5-6H3. The number of unbranched alkanes of at least 4 members (excludes halogenated alkanes) is 2. The Labute approximate surface area is 127 Å². The Bertz CT molecular complexity index is 249. The first-order chi connectivity index (χ1) is 9.43. The lowest BCUT2D eigenvalue weighted by atomic mass is 9.96. The molecule has 0 aliphatic rings. The van der Waals surface area contributed by atoms with Crippen LogP contribution < -0.4 is 11.1 Å². The van der Waals surface area contributed by atoms with Crippen LogP contribution in [0, 0.1) is 5.92 Å². The van der Waals surface area contributed by atoms with Gasteiger partial charge in [0, 0.05) is 17.8 Å². The third kappa shape index (κ3) is 7.91. The van der Waals surface area contributed by atoms with Gasteiger partial charge in [-0.25, -0.2) is 0 Å². The van der Waals surface area contributed by atoms with Gasteiger partial charge in [0.05, 0.1) is 0 Å². The maximum atomic E-state index is 5.59. The minimum Gasteiger partial charge on any atom is -0.385 e. The normalized spacial score (nSPS) is 14.6. The molecular weight excluding hydrogens is 246 g/mol. The molecule has 3 N–H and O–H groups in total. The second kappa shape index (κ2) is 11.2. The molecule has 3 nitrogen and oxygen atoms in total. The summed E-state index contributed by atoms with van der Waals surface area (Å²) in [7, 11) is 4.27. The van der Waals surface area contributed by atoms with Crippen molar-refractivity contribution in [3.8, 4) is 0 Å². The molecule has 0 aromatic carbocycles. The zero-order chi connectivity index (χ0) is 15.5. The van der Waals surface area contributed by atoms with Gasteiger partial charge in [-0.2, -0.15) is 0 Å². The Kier molecular flexibility index (Phi) is 10.9. The van der Waals surface area contributed by atoms with Crippen molar-refractivity contribution in [2.24, 2.45) is 11.7 Å². The quantitative estimate of drug-likeness (QED) is 0.540. The fraction of sp³-hybridized carbons (Fsp3) is 0.882. The topological polar surface area (TPSA) is 41.3 Å². The van der Waals surface area contributed by atoms with Crippen molar-refractivity contribution in [2.45, 2.75) is 71.4 Å². The van der Waals surface area contributed by atoms with Crippen molar-refractivity contribution < 1.29 is 0 Å². The average Bonchev–Trinajstić information content (AvgIpc) is 2.38. The molecule has 0 aromatic rings. The van der Waals surface area contributed by atoms with E-state index in [-0.39, 0.29) is 0 Å². The number of hydrogen-bond donors (Lipinski definition) is 2. The highest BCUT2D eigenvalue weighted by atomic mass is 15.1. The third-order valence-corrected chi connectivity index (χ3v) is 4.00. The monoisotopic (exact) mass is 283 g/mol. The van der Waals surface area contributed by atoms with Crippen molar-refractivity contribution in [1.29, 1.82) is 0 Å². The molecule has 0 radical (unpaired) electrons. The summed E-state index contributed by atoms with van der Waals surface area (Å²) >= 11 is 0. The number of rotatable bonds is 12. The van der Waals surface area contributed by atoms with Crippen molar-refractivity contribution in [3.63, 3.8) is 0 Å². The molecule has 3 heteroatoms. The highest BCUT2D eigenvalue weighted by molar-refractivity contribution is 5.05. The zero-order valence-electron chi connectivity index (χ0n) is 14.4. The van der Waals surface area contributed by atoms with E-state index in [9.17, 15) is 0 Å². The molecule has 0 spiro atoms. The van der Waals surface area contributed by atoms with Gasteiger partial charge in [-0.15, -0.1) is 0 Å². The van der Waals surface area contributed by atoms with Gasteiger partial charge in [0.15, 0.2) is 0 Å². The van der Waals surface area contributed by atoms with Crippen molar-refractivity contribution in [2.75, 3.05) is 20.6 Å². The number of nitrogens with one attached hydrogen (secondary N) is 1. The van der Waals surface area contributed by atoms with Crippen LogP contribution in [0.1, 0.15) is 59.3 Å². The first kappa shape index (κ1) is 19.5. The maximum absolute atomic E-state index is 5.59. The molecule has 0 heterocycles. The van der Waals surface area contributed by atoms with Gasteiger partial charge >= 0.3 is 0 Å². The second-order valence-corrected chi connectivity index (χ2v) is 6.43. The highest BCUT2D eigenvalue weighted by Crippen LogP contribution is 2.16. The molecule has 0 rings (SSSR count). The predicted octanol–water partition coefficient (Wildman–Crippen LogP) is 3.36. The predicted molar refractivity (Wildman–Crippen MR) is 90.8 cm³/mol. The van der Waals surface area contributed by atoms with Gasteiger partial charge in [0.1, 0.15) is 0 Å². The molecule has 20 heavy (non-hydrogen) atoms. The molecule has 0 amide bonds. The largest absolute Gasteiger partial charge is 0.385 e. The summed E-state index contributed by atoms with van der Waals surface area (Å²) in [6, 6.07) is 0.948. The van der Waals surface area contributed by atoms with Crippen molar-refractivity contribution >= 4 is 0 Å². The van der Waals surface area contributed by atoms with Crippen LogP contribution in [0.15, 0.2) is 12.3 Å². The van der Waals surface area contributed by atoms with E-state index in [1.54, 1.807) is 0 Å². The average molecular weight is 284 g/mol.